The van der Waals surface area contributed by atoms with Gasteiger partial charge in [-0.05, 0) is 42.5 Å². The van der Waals surface area contributed by atoms with Gasteiger partial charge in [0.05, 0.1) is 16.9 Å². The van der Waals surface area contributed by atoms with Crippen molar-refractivity contribution >= 4 is 40.6 Å². The molecule has 0 spiro atoms. The number of aromatic nitrogens is 1. The second-order valence-corrected chi connectivity index (χ2v) is 7.03. The smallest absolute Gasteiger partial charge is 0.328 e. The van der Waals surface area contributed by atoms with E-state index in [9.17, 15) is 24.5 Å². The molecule has 1 atom stereocenters. The van der Waals surface area contributed by atoms with Crippen molar-refractivity contribution in [1.29, 1.82) is 0 Å². The summed E-state index contributed by atoms with van der Waals surface area (Å²) < 4.78 is 10.1. The summed E-state index contributed by atoms with van der Waals surface area (Å²) in [5.41, 5.74) is 0.489. The van der Waals surface area contributed by atoms with Crippen LogP contribution in [0.3, 0.4) is 0 Å². The number of esters is 1. The van der Waals surface area contributed by atoms with Crippen LogP contribution in [0.25, 0.3) is 6.08 Å². The summed E-state index contributed by atoms with van der Waals surface area (Å²) in [6, 6.07) is 8.22. The molecule has 0 aliphatic carbocycles. The Kier molecular flexibility index (Phi) is 6.11. The molecule has 0 bridgehead atoms. The van der Waals surface area contributed by atoms with Gasteiger partial charge in [0.15, 0.2) is 0 Å². The zero-order valence-electron chi connectivity index (χ0n) is 15.8. The van der Waals surface area contributed by atoms with Gasteiger partial charge >= 0.3 is 5.97 Å². The van der Waals surface area contributed by atoms with Crippen molar-refractivity contribution in [3.63, 3.8) is 0 Å². The number of carbonyl (C=O) groups is 3. The number of imide groups is 1. The Morgan fingerprint density at radius 1 is 1.23 bits per heavy atom. The number of hydrogen-bond acceptors (Lipinski definition) is 9. The summed E-state index contributed by atoms with van der Waals surface area (Å²) in [4.78, 5) is 51.3. The van der Waals surface area contributed by atoms with E-state index in [0.717, 1.165) is 22.9 Å². The molecule has 1 fully saturated rings. The average molecular weight is 429 g/mol. The molecule has 0 unspecified atom stereocenters. The van der Waals surface area contributed by atoms with Gasteiger partial charge in [-0.15, -0.1) is 0 Å². The molecule has 154 valence electrons. The number of carbonyl (C=O) groups excluding carboxylic acids is 3. The predicted octanol–water partition coefficient (Wildman–Crippen LogP) is 3.38. The van der Waals surface area contributed by atoms with Gasteiger partial charge in [-0.25, -0.2) is 9.78 Å². The number of nitrogens with zero attached hydrogens (tertiary/aromatic N) is 3. The Morgan fingerprint density at radius 3 is 2.50 bits per heavy atom. The van der Waals surface area contributed by atoms with Crippen LogP contribution < -0.4 is 4.74 Å². The standard InChI is InChI=1S/C19H15N3O7S/c1-11(18(24)28-2)21-17(23)15(30-19(21)25)9-12-3-6-14(7-4-12)29-16-8-5-13(10-20-16)22(26)27/h3-11H,1-2H3/b15-9-/t11-/m0/s1. The minimum atomic E-state index is -1.02. The van der Waals surface area contributed by atoms with E-state index in [1.54, 1.807) is 24.3 Å². The summed E-state index contributed by atoms with van der Waals surface area (Å²) in [6.07, 6.45) is 2.62. The Hall–Kier alpha value is -3.73. The van der Waals surface area contributed by atoms with E-state index in [1.165, 1.54) is 32.2 Å². The first-order chi connectivity index (χ1) is 14.3. The van der Waals surface area contributed by atoms with Gasteiger partial charge in [-0.1, -0.05) is 12.1 Å². The Morgan fingerprint density at radius 2 is 1.93 bits per heavy atom. The largest absolute Gasteiger partial charge is 0.467 e. The van der Waals surface area contributed by atoms with Gasteiger partial charge in [0, 0.05) is 12.1 Å². The third-order valence-corrected chi connectivity index (χ3v) is 4.97. The second-order valence-electron chi connectivity index (χ2n) is 6.03. The molecule has 2 aromatic rings. The molecule has 2 heterocycles. The molecule has 1 aliphatic heterocycles. The van der Waals surface area contributed by atoms with Crippen molar-refractivity contribution in [1.82, 2.24) is 9.88 Å². The molecule has 0 saturated carbocycles. The van der Waals surface area contributed by atoms with Crippen LogP contribution in [0.4, 0.5) is 10.5 Å². The van der Waals surface area contributed by atoms with E-state index in [0.29, 0.717) is 11.3 Å². The van der Waals surface area contributed by atoms with Crippen LogP contribution >= 0.6 is 11.8 Å². The van der Waals surface area contributed by atoms with Gasteiger partial charge in [0.2, 0.25) is 5.88 Å². The molecule has 0 N–H and O–H groups in total. The maximum Gasteiger partial charge on any atom is 0.328 e. The highest BCUT2D eigenvalue weighted by Crippen LogP contribution is 2.34. The molecule has 1 saturated heterocycles. The maximum atomic E-state index is 12.5. The number of nitro groups is 1. The Bertz CT molecular complexity index is 1040. The molecule has 11 heteroatoms. The molecule has 0 radical (unpaired) electrons. The van der Waals surface area contributed by atoms with Crippen LogP contribution in [0, 0.1) is 10.1 Å². The molecular formula is C19H15N3O7S. The predicted molar refractivity (Wildman–Crippen MR) is 107 cm³/mol. The average Bonchev–Trinajstić information content (AvgIpc) is 3.01. The van der Waals surface area contributed by atoms with Crippen LogP contribution in [0.5, 0.6) is 11.6 Å². The fraction of sp³-hybridized carbons (Fsp3) is 0.158. The van der Waals surface area contributed by atoms with E-state index >= 15 is 0 Å². The molecule has 1 aromatic heterocycles. The van der Waals surface area contributed by atoms with E-state index < -0.39 is 28.1 Å². The van der Waals surface area contributed by atoms with Crippen LogP contribution in [0.2, 0.25) is 0 Å². The summed E-state index contributed by atoms with van der Waals surface area (Å²) in [5, 5.41) is 10.1. The lowest BCUT2D eigenvalue weighted by molar-refractivity contribution is -0.385. The van der Waals surface area contributed by atoms with Crippen molar-refractivity contribution in [2.75, 3.05) is 7.11 Å². The highest BCUT2D eigenvalue weighted by Gasteiger charge is 2.41. The summed E-state index contributed by atoms with van der Waals surface area (Å²) in [5.74, 6) is -0.634. The topological polar surface area (TPSA) is 129 Å². The van der Waals surface area contributed by atoms with Gasteiger partial charge in [-0.2, -0.15) is 0 Å². The van der Waals surface area contributed by atoms with Crippen LogP contribution in [0.15, 0.2) is 47.5 Å². The second kappa shape index (κ2) is 8.74. The maximum absolute atomic E-state index is 12.5. The zero-order valence-corrected chi connectivity index (χ0v) is 16.6. The van der Waals surface area contributed by atoms with Gasteiger partial charge in [-0.3, -0.25) is 24.6 Å². The summed E-state index contributed by atoms with van der Waals surface area (Å²) >= 11 is 0.738. The van der Waals surface area contributed by atoms with Crippen molar-refractivity contribution in [3.8, 4) is 11.6 Å². The van der Waals surface area contributed by atoms with Gasteiger partial charge < -0.3 is 9.47 Å². The minimum Gasteiger partial charge on any atom is -0.467 e. The van der Waals surface area contributed by atoms with E-state index in [-0.39, 0.29) is 16.5 Å². The molecule has 1 aliphatic rings. The number of pyridine rings is 1. The van der Waals surface area contributed by atoms with Crippen LogP contribution in [-0.4, -0.2) is 45.1 Å². The van der Waals surface area contributed by atoms with Gasteiger partial charge in [0.1, 0.15) is 18.0 Å². The first kappa shape index (κ1) is 21.0. The number of ether oxygens (including phenoxy) is 2. The van der Waals surface area contributed by atoms with Gasteiger partial charge in [0.25, 0.3) is 16.8 Å². The quantitative estimate of drug-likeness (QED) is 0.294. The minimum absolute atomic E-state index is 0.145. The monoisotopic (exact) mass is 429 g/mol. The molecule has 1 aromatic carbocycles. The number of hydrogen-bond donors (Lipinski definition) is 0. The number of thioether (sulfide) groups is 1. The number of methoxy groups -OCH3 is 1. The van der Waals surface area contributed by atoms with Crippen LogP contribution in [0.1, 0.15) is 12.5 Å². The highest BCUT2D eigenvalue weighted by molar-refractivity contribution is 8.18. The molecule has 3 rings (SSSR count). The Labute approximate surface area is 174 Å². The SMILES string of the molecule is COC(=O)[C@H](C)N1C(=O)S/C(=C\c2ccc(Oc3ccc([N+](=O)[O-])cn3)cc2)C1=O. The van der Waals surface area contributed by atoms with Crippen molar-refractivity contribution in [3.05, 3.63) is 63.2 Å². The van der Waals surface area contributed by atoms with Crippen molar-refractivity contribution in [2.45, 2.75) is 13.0 Å². The molecule has 2 amide bonds. The lowest BCUT2D eigenvalue weighted by atomic mass is 10.2. The molecular weight excluding hydrogens is 414 g/mol. The van der Waals surface area contributed by atoms with E-state index in [1.807, 2.05) is 0 Å². The number of benzene rings is 1. The summed E-state index contributed by atoms with van der Waals surface area (Å²) in [7, 11) is 1.18. The normalized spacial score (nSPS) is 15.9. The van der Waals surface area contributed by atoms with Crippen molar-refractivity contribution in [2.24, 2.45) is 0 Å². The van der Waals surface area contributed by atoms with E-state index in [2.05, 4.69) is 9.72 Å². The van der Waals surface area contributed by atoms with E-state index in [4.69, 9.17) is 4.74 Å². The zero-order chi connectivity index (χ0) is 21.8. The molecule has 30 heavy (non-hydrogen) atoms. The summed E-state index contributed by atoms with van der Waals surface area (Å²) in [6.45, 7) is 1.42. The van der Waals surface area contributed by atoms with Crippen molar-refractivity contribution < 1.29 is 28.8 Å². The third kappa shape index (κ3) is 4.46. The Balaban J connectivity index is 1.71. The lowest BCUT2D eigenvalue weighted by Gasteiger charge is -2.18. The number of rotatable bonds is 6. The lowest BCUT2D eigenvalue weighted by Crippen LogP contribution is -2.42. The first-order valence-corrected chi connectivity index (χ1v) is 9.35. The van der Waals surface area contributed by atoms with Crippen LogP contribution in [-0.2, 0) is 14.3 Å². The fourth-order valence-electron chi connectivity index (χ4n) is 2.53. The molecule has 10 nitrogen and oxygen atoms in total. The highest BCUT2D eigenvalue weighted by atomic mass is 32.2. The fourth-order valence-corrected chi connectivity index (χ4v) is 3.44. The number of amides is 2. The third-order valence-electron chi connectivity index (χ3n) is 4.08. The first-order valence-electron chi connectivity index (χ1n) is 8.53.